The Labute approximate surface area is 81.6 Å². The molecule has 0 saturated carbocycles. The number of hydrogen-bond acceptors (Lipinski definition) is 1. The van der Waals surface area contributed by atoms with E-state index in [2.05, 4.69) is 29.6 Å². The van der Waals surface area contributed by atoms with Crippen molar-refractivity contribution in [3.05, 3.63) is 24.3 Å². The minimum absolute atomic E-state index is 0. The highest BCUT2D eigenvalue weighted by atomic mass is 127. The lowest BCUT2D eigenvalue weighted by Crippen LogP contribution is -3.00. The van der Waals surface area contributed by atoms with E-state index in [0.717, 1.165) is 5.88 Å². The second-order valence-electron chi connectivity index (χ2n) is 2.05. The van der Waals surface area contributed by atoms with Gasteiger partial charge in [-0.05, 0) is 6.07 Å². The average molecular weight is 265 g/mol. The molecule has 0 unspecified atom stereocenters. The molecule has 0 aromatic heterocycles. The van der Waals surface area contributed by atoms with Crippen LogP contribution in [0.2, 0.25) is 0 Å². The van der Waals surface area contributed by atoms with Gasteiger partial charge in [0, 0.05) is 6.07 Å². The minimum Gasteiger partial charge on any atom is -1.00 e. The normalized spacial score (nSPS) is 14.0. The first-order valence-electron chi connectivity index (χ1n) is 3.02. The van der Waals surface area contributed by atoms with E-state index in [4.69, 9.17) is 0 Å². The van der Waals surface area contributed by atoms with Crippen LogP contribution in [-0.4, -0.2) is 5.88 Å². The first-order chi connectivity index (χ1) is 4.47. The molecule has 0 saturated heterocycles. The molecule has 1 aromatic carbocycles. The molecule has 0 amide bonds. The van der Waals surface area contributed by atoms with E-state index >= 15 is 0 Å². The summed E-state index contributed by atoms with van der Waals surface area (Å²) in [4.78, 5) is 1.43. The fourth-order valence-electron chi connectivity index (χ4n) is 1.00. The summed E-state index contributed by atoms with van der Waals surface area (Å²) < 4.78 is 0. The van der Waals surface area contributed by atoms with Gasteiger partial charge in [0.2, 0.25) is 0 Å². The molecule has 0 atom stereocenters. The predicted octanol–water partition coefficient (Wildman–Crippen LogP) is -2.05. The summed E-state index contributed by atoms with van der Waals surface area (Å²) >= 11 is 1.91. The third-order valence-corrected chi connectivity index (χ3v) is 2.48. The highest BCUT2D eigenvalue weighted by Crippen LogP contribution is 2.25. The second-order valence-corrected chi connectivity index (χ2v) is 3.11. The van der Waals surface area contributed by atoms with E-state index in [1.165, 1.54) is 10.6 Å². The smallest absolute Gasteiger partial charge is 0.144 e. The van der Waals surface area contributed by atoms with Crippen molar-refractivity contribution >= 4 is 17.4 Å². The Morgan fingerprint density at radius 1 is 1.30 bits per heavy atom. The fourth-order valence-corrected chi connectivity index (χ4v) is 1.94. The molecule has 2 rings (SSSR count). The molecule has 10 heavy (non-hydrogen) atoms. The van der Waals surface area contributed by atoms with Crippen LogP contribution in [0.15, 0.2) is 29.2 Å². The summed E-state index contributed by atoms with van der Waals surface area (Å²) in [5.74, 6) is 1.15. The molecule has 1 nitrogen and oxygen atoms in total. The Kier molecular flexibility index (Phi) is 3.00. The molecule has 0 spiro atoms. The van der Waals surface area contributed by atoms with E-state index in [1.54, 1.807) is 0 Å². The van der Waals surface area contributed by atoms with Gasteiger partial charge in [-0.1, -0.05) is 23.9 Å². The highest BCUT2D eigenvalue weighted by Gasteiger charge is 2.12. The molecule has 1 heterocycles. The quantitative estimate of drug-likeness (QED) is 0.422. The van der Waals surface area contributed by atoms with Gasteiger partial charge in [-0.3, -0.25) is 0 Å². The molecule has 0 aliphatic carbocycles. The van der Waals surface area contributed by atoms with E-state index in [-0.39, 0.29) is 24.0 Å². The monoisotopic (exact) mass is 265 g/mol. The SMILES string of the molecule is [I-].c1ccc2c(c1)[NH2+]CS2. The van der Waals surface area contributed by atoms with Crippen molar-refractivity contribution in [3.8, 4) is 0 Å². The summed E-state index contributed by atoms with van der Waals surface area (Å²) in [6.07, 6.45) is 0. The Morgan fingerprint density at radius 2 is 2.10 bits per heavy atom. The Hall–Kier alpha value is 0.260. The molecule has 0 fully saturated rings. The summed E-state index contributed by atoms with van der Waals surface area (Å²) in [7, 11) is 0. The van der Waals surface area contributed by atoms with Crippen molar-refractivity contribution < 1.29 is 29.3 Å². The van der Waals surface area contributed by atoms with Crippen LogP contribution in [0.4, 0.5) is 5.69 Å². The molecule has 2 N–H and O–H groups in total. The van der Waals surface area contributed by atoms with Crippen LogP contribution in [0.1, 0.15) is 0 Å². The lowest BCUT2D eigenvalue weighted by atomic mass is 10.3. The first-order valence-corrected chi connectivity index (χ1v) is 4.00. The number of thioether (sulfide) groups is 1. The van der Waals surface area contributed by atoms with Crippen molar-refractivity contribution in [1.82, 2.24) is 0 Å². The van der Waals surface area contributed by atoms with E-state index < -0.39 is 0 Å². The fraction of sp³-hybridized carbons (Fsp3) is 0.143. The Balaban J connectivity index is 0.000000500. The summed E-state index contributed by atoms with van der Waals surface area (Å²) in [6, 6.07) is 8.50. The maximum absolute atomic E-state index is 2.26. The number of para-hydroxylation sites is 1. The van der Waals surface area contributed by atoms with Crippen molar-refractivity contribution in [2.24, 2.45) is 0 Å². The lowest BCUT2D eigenvalue weighted by molar-refractivity contribution is -0.548. The van der Waals surface area contributed by atoms with E-state index in [1.807, 2.05) is 11.8 Å². The standard InChI is InChI=1S/C7H7NS.HI/c1-2-4-7-6(3-1)8-5-9-7;/h1-4,8H,5H2;1H. The minimum atomic E-state index is 0. The van der Waals surface area contributed by atoms with Crippen LogP contribution in [0.5, 0.6) is 0 Å². The number of hydrogen-bond donors (Lipinski definition) is 1. The molecular formula is C7H8INS. The topological polar surface area (TPSA) is 16.6 Å². The van der Waals surface area contributed by atoms with Gasteiger partial charge in [0.15, 0.2) is 0 Å². The summed E-state index contributed by atoms with van der Waals surface area (Å²) in [6.45, 7) is 0. The van der Waals surface area contributed by atoms with Crippen LogP contribution in [-0.2, 0) is 0 Å². The lowest BCUT2D eigenvalue weighted by Gasteiger charge is -1.87. The molecule has 1 aliphatic heterocycles. The van der Waals surface area contributed by atoms with Crippen LogP contribution in [0.3, 0.4) is 0 Å². The zero-order valence-corrected chi connectivity index (χ0v) is 8.35. The van der Waals surface area contributed by atoms with Gasteiger partial charge in [-0.25, -0.2) is 0 Å². The highest BCUT2D eigenvalue weighted by molar-refractivity contribution is 7.99. The van der Waals surface area contributed by atoms with Gasteiger partial charge >= 0.3 is 0 Å². The third-order valence-electron chi connectivity index (χ3n) is 1.46. The van der Waals surface area contributed by atoms with Crippen molar-refractivity contribution in [1.29, 1.82) is 0 Å². The largest absolute Gasteiger partial charge is 1.00 e. The summed E-state index contributed by atoms with van der Waals surface area (Å²) in [5, 5.41) is 2.26. The molecule has 3 heteroatoms. The van der Waals surface area contributed by atoms with Gasteiger partial charge in [0.1, 0.15) is 11.6 Å². The molecule has 0 radical (unpaired) electrons. The molecule has 54 valence electrons. The van der Waals surface area contributed by atoms with Crippen molar-refractivity contribution in [2.45, 2.75) is 4.90 Å². The Morgan fingerprint density at radius 3 is 2.90 bits per heavy atom. The molecular weight excluding hydrogens is 257 g/mol. The number of fused-ring (bicyclic) bond motifs is 1. The van der Waals surface area contributed by atoms with Gasteiger partial charge < -0.3 is 29.3 Å². The zero-order chi connectivity index (χ0) is 6.10. The van der Waals surface area contributed by atoms with Crippen LogP contribution in [0, 0.1) is 0 Å². The van der Waals surface area contributed by atoms with Crippen LogP contribution >= 0.6 is 11.8 Å². The second kappa shape index (κ2) is 3.59. The van der Waals surface area contributed by atoms with Gasteiger partial charge in [-0.2, -0.15) is 0 Å². The molecule has 0 bridgehead atoms. The third kappa shape index (κ3) is 1.46. The van der Waals surface area contributed by atoms with Crippen LogP contribution in [0.25, 0.3) is 0 Å². The number of nitrogens with two attached hydrogens (primary N) is 1. The van der Waals surface area contributed by atoms with E-state index in [9.17, 15) is 0 Å². The first kappa shape index (κ1) is 8.36. The Bertz CT molecular complexity index is 204. The molecule has 1 aliphatic rings. The zero-order valence-electron chi connectivity index (χ0n) is 5.38. The van der Waals surface area contributed by atoms with Crippen molar-refractivity contribution in [2.75, 3.05) is 5.88 Å². The van der Waals surface area contributed by atoms with Crippen LogP contribution < -0.4 is 29.3 Å². The number of rotatable bonds is 0. The maximum atomic E-state index is 2.26. The predicted molar refractivity (Wildman–Crippen MR) is 38.8 cm³/mol. The van der Waals surface area contributed by atoms with Gasteiger partial charge in [0.05, 0.1) is 4.90 Å². The number of halogens is 1. The summed E-state index contributed by atoms with van der Waals surface area (Å²) in [5.41, 5.74) is 1.41. The number of benzene rings is 1. The average Bonchev–Trinajstić information content (AvgIpc) is 2.33. The van der Waals surface area contributed by atoms with Gasteiger partial charge in [0.25, 0.3) is 0 Å². The molecule has 1 aromatic rings. The van der Waals surface area contributed by atoms with Crippen molar-refractivity contribution in [3.63, 3.8) is 0 Å². The maximum Gasteiger partial charge on any atom is 0.144 e. The van der Waals surface area contributed by atoms with Gasteiger partial charge in [-0.15, -0.1) is 0 Å². The van der Waals surface area contributed by atoms with E-state index in [0.29, 0.717) is 0 Å². The number of quaternary nitrogens is 1.